The summed E-state index contributed by atoms with van der Waals surface area (Å²) in [4.78, 5) is 43.6. The Hall–Kier alpha value is -7.30. The van der Waals surface area contributed by atoms with E-state index in [1.807, 2.05) is 67.6 Å². The highest BCUT2D eigenvalue weighted by Gasteiger charge is 2.19. The van der Waals surface area contributed by atoms with Crippen molar-refractivity contribution in [3.63, 3.8) is 0 Å². The largest absolute Gasteiger partial charge is 0.354 e. The zero-order chi connectivity index (χ0) is 37.3. The van der Waals surface area contributed by atoms with Crippen LogP contribution in [0.3, 0.4) is 0 Å². The third-order valence-corrected chi connectivity index (χ3v) is 9.88. The monoisotopic (exact) mass is 717 g/mol. The lowest BCUT2D eigenvalue weighted by atomic mass is 10.0. The van der Waals surface area contributed by atoms with Crippen molar-refractivity contribution < 1.29 is 4.79 Å². The number of nitrogens with one attached hydrogen (secondary N) is 3. The number of rotatable bonds is 7. The summed E-state index contributed by atoms with van der Waals surface area (Å²) in [5, 5.41) is 2.94. The van der Waals surface area contributed by atoms with Gasteiger partial charge in [0.05, 0.1) is 28.8 Å². The van der Waals surface area contributed by atoms with Crippen molar-refractivity contribution in [2.75, 3.05) is 5.32 Å². The van der Waals surface area contributed by atoms with Crippen LogP contribution in [0, 0.1) is 0 Å². The van der Waals surface area contributed by atoms with Gasteiger partial charge in [-0.1, -0.05) is 19.1 Å². The lowest BCUT2D eigenvalue weighted by molar-refractivity contribution is -0.117. The molecule has 6 aromatic heterocycles. The van der Waals surface area contributed by atoms with Crippen molar-refractivity contribution in [2.24, 2.45) is 5.73 Å². The zero-order valence-corrected chi connectivity index (χ0v) is 29.9. The number of aromatic nitrogens is 7. The molecule has 1 atom stereocenters. The summed E-state index contributed by atoms with van der Waals surface area (Å²) in [6, 6.07) is 27.6. The minimum Gasteiger partial charge on any atom is -0.354 e. The van der Waals surface area contributed by atoms with Crippen LogP contribution in [-0.4, -0.2) is 46.8 Å². The van der Waals surface area contributed by atoms with E-state index in [-0.39, 0.29) is 5.91 Å². The minimum absolute atomic E-state index is 0.218. The summed E-state index contributed by atoms with van der Waals surface area (Å²) in [7, 11) is 0. The molecule has 266 valence electrons. The van der Waals surface area contributed by atoms with Gasteiger partial charge in [-0.2, -0.15) is 0 Å². The lowest BCUT2D eigenvalue weighted by Crippen LogP contribution is -2.34. The van der Waals surface area contributed by atoms with E-state index < -0.39 is 6.04 Å². The standard InChI is InChI=1S/C45H35N9O/c1-2-32(46)45(55)50-31-5-3-27(4-6-31)41-33-7-9-35(51-33)42(28-15-21-47-22-16-28)37-11-13-39(53-37)44(30-19-25-49-26-20-30)40-14-12-38(54-40)43(29-17-23-48-24-18-29)36-10-8-34(41)52-36/h3-26,32,51,54H,2,46H2,1H3,(H,50,55). The molecule has 0 saturated heterocycles. The molecule has 10 heteroatoms. The van der Waals surface area contributed by atoms with Crippen LogP contribution >= 0.6 is 0 Å². The van der Waals surface area contributed by atoms with Crippen LogP contribution in [0.25, 0.3) is 90.9 Å². The fraction of sp³-hybridized carbons (Fsp3) is 0.0667. The van der Waals surface area contributed by atoms with Crippen molar-refractivity contribution in [2.45, 2.75) is 19.4 Å². The van der Waals surface area contributed by atoms with Gasteiger partial charge in [-0.15, -0.1) is 0 Å². The van der Waals surface area contributed by atoms with Gasteiger partial charge < -0.3 is 21.0 Å². The number of amides is 1. The summed E-state index contributed by atoms with van der Waals surface area (Å²) in [5.41, 5.74) is 21.0. The van der Waals surface area contributed by atoms with E-state index in [0.717, 1.165) is 89.4 Å². The average molecular weight is 718 g/mol. The predicted molar refractivity (Wildman–Crippen MR) is 221 cm³/mol. The highest BCUT2D eigenvalue weighted by Crippen LogP contribution is 2.38. The first-order valence-electron chi connectivity index (χ1n) is 18.1. The molecular weight excluding hydrogens is 683 g/mol. The molecule has 7 aromatic rings. The normalized spacial score (nSPS) is 12.5. The van der Waals surface area contributed by atoms with Crippen LogP contribution in [0.4, 0.5) is 5.69 Å². The van der Waals surface area contributed by atoms with Gasteiger partial charge in [0.15, 0.2) is 0 Å². The molecule has 0 aliphatic carbocycles. The number of benzene rings is 1. The van der Waals surface area contributed by atoms with Gasteiger partial charge in [-0.05, 0) is 126 Å². The molecule has 5 N–H and O–H groups in total. The van der Waals surface area contributed by atoms with Gasteiger partial charge in [0.2, 0.25) is 5.91 Å². The molecule has 9 rings (SSSR count). The highest BCUT2D eigenvalue weighted by molar-refractivity contribution is 6.00. The molecule has 1 amide bonds. The molecule has 10 nitrogen and oxygen atoms in total. The quantitative estimate of drug-likeness (QED) is 0.128. The van der Waals surface area contributed by atoms with Gasteiger partial charge in [0.1, 0.15) is 0 Å². The Morgan fingerprint density at radius 1 is 0.527 bits per heavy atom. The van der Waals surface area contributed by atoms with E-state index in [1.54, 1.807) is 37.2 Å². The summed E-state index contributed by atoms with van der Waals surface area (Å²) in [5.74, 6) is -0.218. The number of anilines is 1. The van der Waals surface area contributed by atoms with Crippen LogP contribution in [0.15, 0.2) is 122 Å². The molecule has 1 unspecified atom stereocenters. The maximum absolute atomic E-state index is 12.6. The molecule has 1 aromatic carbocycles. The number of aromatic amines is 2. The van der Waals surface area contributed by atoms with Crippen molar-refractivity contribution in [1.82, 2.24) is 34.9 Å². The Balaban J connectivity index is 1.38. The second kappa shape index (κ2) is 14.3. The first-order chi connectivity index (χ1) is 27.0. The number of nitrogens with two attached hydrogens (primary N) is 1. The van der Waals surface area contributed by atoms with E-state index in [9.17, 15) is 4.79 Å². The third kappa shape index (κ3) is 6.40. The van der Waals surface area contributed by atoms with Crippen molar-refractivity contribution >= 4 is 58.0 Å². The summed E-state index contributed by atoms with van der Waals surface area (Å²) in [6.07, 6.45) is 19.6. The highest BCUT2D eigenvalue weighted by atomic mass is 16.2. The van der Waals surface area contributed by atoms with Gasteiger partial charge in [-0.25, -0.2) is 9.97 Å². The van der Waals surface area contributed by atoms with E-state index in [2.05, 4.69) is 78.8 Å². The van der Waals surface area contributed by atoms with E-state index in [1.165, 1.54) is 0 Å². The van der Waals surface area contributed by atoms with E-state index in [0.29, 0.717) is 12.1 Å². The van der Waals surface area contributed by atoms with Gasteiger partial charge in [0.25, 0.3) is 0 Å². The van der Waals surface area contributed by atoms with Crippen LogP contribution in [-0.2, 0) is 4.79 Å². The maximum atomic E-state index is 12.6. The third-order valence-electron chi connectivity index (χ3n) is 9.88. The number of hydrogen-bond acceptors (Lipinski definition) is 7. The molecule has 2 aliphatic rings. The lowest BCUT2D eigenvalue weighted by Gasteiger charge is -2.11. The van der Waals surface area contributed by atoms with Crippen LogP contribution in [0.5, 0.6) is 0 Å². The maximum Gasteiger partial charge on any atom is 0.241 e. The molecule has 8 bridgehead atoms. The first kappa shape index (κ1) is 33.5. The van der Waals surface area contributed by atoms with Crippen LogP contribution in [0.2, 0.25) is 0 Å². The van der Waals surface area contributed by atoms with E-state index in [4.69, 9.17) is 15.7 Å². The first-order valence-corrected chi connectivity index (χ1v) is 18.1. The van der Waals surface area contributed by atoms with Gasteiger partial charge in [-0.3, -0.25) is 19.7 Å². The fourth-order valence-corrected chi connectivity index (χ4v) is 7.12. The molecule has 0 fully saturated rings. The SMILES string of the molecule is CCC(N)C(=O)Nc1ccc(-c2c3nc(c(-c4ccncc4)c4ccc([nH]4)c(-c4ccncc4)c4nc(c(-c5ccncc5)c5ccc2[nH]5)C=C4)C=C3)cc1. The number of carbonyl (C=O) groups is 1. The summed E-state index contributed by atoms with van der Waals surface area (Å²) in [6.45, 7) is 1.89. The fourth-order valence-electron chi connectivity index (χ4n) is 7.12. The number of hydrogen-bond donors (Lipinski definition) is 4. The Morgan fingerprint density at radius 3 is 1.18 bits per heavy atom. The molecule has 0 spiro atoms. The van der Waals surface area contributed by atoms with Gasteiger partial charge >= 0.3 is 0 Å². The zero-order valence-electron chi connectivity index (χ0n) is 29.9. The summed E-state index contributed by atoms with van der Waals surface area (Å²) < 4.78 is 0. The molecular formula is C45H35N9O. The Labute approximate surface area is 316 Å². The van der Waals surface area contributed by atoms with Crippen molar-refractivity contribution in [1.29, 1.82) is 0 Å². The minimum atomic E-state index is -0.577. The topological polar surface area (TPSA) is 151 Å². The second-order valence-corrected chi connectivity index (χ2v) is 13.3. The molecule has 55 heavy (non-hydrogen) atoms. The number of H-pyrrole nitrogens is 2. The van der Waals surface area contributed by atoms with Crippen molar-refractivity contribution in [3.05, 3.63) is 145 Å². The van der Waals surface area contributed by atoms with E-state index >= 15 is 0 Å². The van der Waals surface area contributed by atoms with Crippen molar-refractivity contribution in [3.8, 4) is 44.5 Å². The molecule has 0 radical (unpaired) electrons. The Kier molecular flexibility index (Phi) is 8.69. The summed E-state index contributed by atoms with van der Waals surface area (Å²) >= 11 is 0. The number of nitrogens with zero attached hydrogens (tertiary/aromatic N) is 5. The van der Waals surface area contributed by atoms with Crippen LogP contribution < -0.4 is 11.1 Å². The van der Waals surface area contributed by atoms with Gasteiger partial charge in [0, 0.05) is 87.2 Å². The number of pyridine rings is 3. The molecule has 2 aliphatic heterocycles. The van der Waals surface area contributed by atoms with Crippen LogP contribution in [0.1, 0.15) is 36.1 Å². The number of fused-ring (bicyclic) bond motifs is 8. The molecule has 0 saturated carbocycles. The smallest absolute Gasteiger partial charge is 0.241 e. The average Bonchev–Trinajstić information content (AvgIpc) is 4.07. The Morgan fingerprint density at radius 2 is 0.855 bits per heavy atom. The number of carbonyl (C=O) groups excluding carboxylic acids is 1. The Bertz CT molecular complexity index is 2750. The molecule has 8 heterocycles. The predicted octanol–water partition coefficient (Wildman–Crippen LogP) is 9.18. The second-order valence-electron chi connectivity index (χ2n) is 13.3.